The summed E-state index contributed by atoms with van der Waals surface area (Å²) in [6, 6.07) is 35.2. The van der Waals surface area contributed by atoms with Crippen molar-refractivity contribution in [3.8, 4) is 23.0 Å². The molecule has 64 heavy (non-hydrogen) atoms. The van der Waals surface area contributed by atoms with E-state index < -0.39 is 0 Å². The van der Waals surface area contributed by atoms with Crippen LogP contribution >= 0.6 is 31.9 Å². The van der Waals surface area contributed by atoms with E-state index in [4.69, 9.17) is 18.9 Å². The second-order valence-electron chi connectivity index (χ2n) is 16.1. The van der Waals surface area contributed by atoms with Gasteiger partial charge in [-0.3, -0.25) is 9.59 Å². The fraction of sp³-hybridized carbons (Fsp3) is 0.296. The zero-order valence-corrected chi connectivity index (χ0v) is 40.3. The van der Waals surface area contributed by atoms with E-state index in [0.717, 1.165) is 102 Å². The highest BCUT2D eigenvalue weighted by Crippen LogP contribution is 2.42. The highest BCUT2D eigenvalue weighted by atomic mass is 79.9. The highest BCUT2D eigenvalue weighted by molar-refractivity contribution is 9.10. The van der Waals surface area contributed by atoms with Crippen molar-refractivity contribution in [3.05, 3.63) is 174 Å². The number of para-hydroxylation sites is 2. The molecule has 0 saturated carbocycles. The maximum atomic E-state index is 14.2. The molecule has 0 unspecified atom stereocenters. The quantitative estimate of drug-likeness (QED) is 0.100. The van der Waals surface area contributed by atoms with Crippen molar-refractivity contribution in [1.29, 1.82) is 0 Å². The number of ether oxygens (including phenoxy) is 4. The minimum atomic E-state index is -0.217. The van der Waals surface area contributed by atoms with Gasteiger partial charge in [0.1, 0.15) is 23.0 Å². The minimum Gasteiger partial charge on any atom is -0.493 e. The first-order chi connectivity index (χ1) is 31.2. The molecule has 332 valence electrons. The molecule has 0 aromatic heterocycles. The van der Waals surface area contributed by atoms with Crippen molar-refractivity contribution >= 4 is 55.0 Å². The molecule has 1 aliphatic carbocycles. The average Bonchev–Trinajstić information content (AvgIpc) is 3.28. The van der Waals surface area contributed by atoms with E-state index in [0.29, 0.717) is 74.6 Å². The second kappa shape index (κ2) is 22.4. The normalized spacial score (nSPS) is 12.0. The first-order valence-corrected chi connectivity index (χ1v) is 23.9. The van der Waals surface area contributed by atoms with Gasteiger partial charge >= 0.3 is 0 Å². The third-order valence-electron chi connectivity index (χ3n) is 10.8. The van der Waals surface area contributed by atoms with Gasteiger partial charge in [-0.1, -0.05) is 96.0 Å². The Hall–Kier alpha value is -5.58. The van der Waals surface area contributed by atoms with Crippen LogP contribution in [0.5, 0.6) is 23.0 Å². The topological polar surface area (TPSA) is 95.1 Å². The Morgan fingerprint density at radius 2 is 0.672 bits per heavy atom. The third-order valence-corrected chi connectivity index (χ3v) is 11.7. The summed E-state index contributed by atoms with van der Waals surface area (Å²) in [6.45, 7) is 10.4. The monoisotopic (exact) mass is 986 g/mol. The zero-order chi connectivity index (χ0) is 45.0. The molecule has 8 nitrogen and oxygen atoms in total. The van der Waals surface area contributed by atoms with Gasteiger partial charge in [0, 0.05) is 79.4 Å². The summed E-state index contributed by atoms with van der Waals surface area (Å²) >= 11 is 7.74. The smallest absolute Gasteiger partial charge is 0.255 e. The second-order valence-corrected chi connectivity index (χ2v) is 17.9. The fourth-order valence-electron chi connectivity index (χ4n) is 8.07. The minimum absolute atomic E-state index is 0.217. The number of amides is 2. The third kappa shape index (κ3) is 11.6. The SMILES string of the molecule is CCCOc1c2cc(Br)cc1Cc1cc(C(=O)Nc3ccccc3)cc(c1OCCC)Cc1cc(Br)cc(c1OCCC)Cc1cc(C(=O)Nc3ccccc3)cc(c1OCCC)C2. The van der Waals surface area contributed by atoms with Crippen molar-refractivity contribution in [2.75, 3.05) is 37.1 Å². The predicted octanol–water partition coefficient (Wildman–Crippen LogP) is 13.5. The number of carbonyl (C=O) groups excluding carboxylic acids is 2. The average molecular weight is 989 g/mol. The highest BCUT2D eigenvalue weighted by Gasteiger charge is 2.26. The Labute approximate surface area is 394 Å². The molecule has 0 atom stereocenters. The van der Waals surface area contributed by atoms with Gasteiger partial charge in [-0.15, -0.1) is 0 Å². The summed E-state index contributed by atoms with van der Waals surface area (Å²) < 4.78 is 28.7. The molecule has 6 aromatic carbocycles. The molecule has 0 spiro atoms. The lowest BCUT2D eigenvalue weighted by Gasteiger charge is -2.24. The molecule has 6 aromatic rings. The van der Waals surface area contributed by atoms with Gasteiger partial charge in [0.05, 0.1) is 26.4 Å². The molecule has 2 N–H and O–H groups in total. The largest absolute Gasteiger partial charge is 0.493 e. The molecule has 10 heteroatoms. The van der Waals surface area contributed by atoms with Gasteiger partial charge in [0.2, 0.25) is 0 Å². The number of nitrogens with one attached hydrogen (secondary N) is 2. The fourth-order valence-corrected chi connectivity index (χ4v) is 9.18. The number of fused-ring (bicyclic) bond motifs is 8. The summed E-state index contributed by atoms with van der Waals surface area (Å²) in [5.41, 5.74) is 9.64. The number of benzene rings is 6. The number of carbonyl (C=O) groups is 2. The number of halogens is 2. The van der Waals surface area contributed by atoms with Gasteiger partial charge in [-0.05, 0) is 121 Å². The summed E-state index contributed by atoms with van der Waals surface area (Å²) in [7, 11) is 0. The van der Waals surface area contributed by atoms with Crippen molar-refractivity contribution in [2.45, 2.75) is 79.1 Å². The molecule has 0 radical (unpaired) electrons. The number of hydrogen-bond acceptors (Lipinski definition) is 6. The van der Waals surface area contributed by atoms with E-state index in [9.17, 15) is 9.59 Å². The van der Waals surface area contributed by atoms with Crippen molar-refractivity contribution in [1.82, 2.24) is 0 Å². The van der Waals surface area contributed by atoms with Crippen LogP contribution in [0, 0.1) is 0 Å². The summed E-state index contributed by atoms with van der Waals surface area (Å²) in [5, 5.41) is 6.23. The molecule has 2 amide bonds. The van der Waals surface area contributed by atoms with E-state index in [1.54, 1.807) is 0 Å². The zero-order valence-electron chi connectivity index (χ0n) is 37.1. The molecule has 0 saturated heterocycles. The Morgan fingerprint density at radius 1 is 0.422 bits per heavy atom. The molecule has 7 rings (SSSR count). The van der Waals surface area contributed by atoms with Gasteiger partial charge < -0.3 is 29.6 Å². The number of anilines is 2. The standard InChI is InChI=1S/C54H56Br2N2O6/c1-5-19-61-49-35-23-39-31-45(55)33-41(51(39)63-21-7-3)25-37-29-44(54(60)58-48-17-13-10-14-18-48)30-38(50(37)62-20-6-2)26-42-34-46(56)32-40(52(42)64-22-8-4)24-36(49)28-43(27-35)53(59)57-47-15-11-9-12-16-47/h9-18,27-34H,5-8,19-26H2,1-4H3,(H,57,59)(H,58,60). The van der Waals surface area contributed by atoms with Crippen LogP contribution in [0.1, 0.15) is 119 Å². The van der Waals surface area contributed by atoms with Crippen LogP contribution < -0.4 is 29.6 Å². The maximum absolute atomic E-state index is 14.2. The van der Waals surface area contributed by atoms with E-state index in [-0.39, 0.29) is 11.8 Å². The van der Waals surface area contributed by atoms with Crippen LogP contribution in [0.3, 0.4) is 0 Å². The van der Waals surface area contributed by atoms with E-state index in [1.807, 2.05) is 84.9 Å². The molecule has 0 fully saturated rings. The molecule has 0 aliphatic heterocycles. The number of rotatable bonds is 16. The molecular weight excluding hydrogens is 932 g/mol. The van der Waals surface area contributed by atoms with Crippen molar-refractivity contribution < 1.29 is 28.5 Å². The van der Waals surface area contributed by atoms with Gasteiger partial charge in [-0.2, -0.15) is 0 Å². The van der Waals surface area contributed by atoms with Gasteiger partial charge in [0.25, 0.3) is 11.8 Å². The van der Waals surface area contributed by atoms with Crippen molar-refractivity contribution in [3.63, 3.8) is 0 Å². The summed E-state index contributed by atoms with van der Waals surface area (Å²) in [4.78, 5) is 28.5. The van der Waals surface area contributed by atoms with Crippen LogP contribution in [-0.4, -0.2) is 38.2 Å². The maximum Gasteiger partial charge on any atom is 0.255 e. The van der Waals surface area contributed by atoms with Crippen LogP contribution in [0.2, 0.25) is 0 Å². The van der Waals surface area contributed by atoms with E-state index in [1.165, 1.54) is 0 Å². The van der Waals surface area contributed by atoms with Crippen LogP contribution in [-0.2, 0) is 25.7 Å². The lowest BCUT2D eigenvalue weighted by atomic mass is 9.89. The summed E-state index contributed by atoms with van der Waals surface area (Å²) in [6.07, 6.45) is 4.87. The molecular formula is C54H56Br2N2O6. The van der Waals surface area contributed by atoms with Crippen LogP contribution in [0.25, 0.3) is 0 Å². The lowest BCUT2D eigenvalue weighted by molar-refractivity contribution is 0.101. The molecule has 8 bridgehead atoms. The summed E-state index contributed by atoms with van der Waals surface area (Å²) in [5.74, 6) is 2.56. The molecule has 1 aliphatic rings. The first kappa shape index (κ1) is 46.4. The Bertz CT molecular complexity index is 2300. The van der Waals surface area contributed by atoms with E-state index in [2.05, 4.69) is 94.5 Å². The first-order valence-electron chi connectivity index (χ1n) is 22.4. The predicted molar refractivity (Wildman–Crippen MR) is 264 cm³/mol. The van der Waals surface area contributed by atoms with Gasteiger partial charge in [0.15, 0.2) is 0 Å². The Morgan fingerprint density at radius 3 is 0.922 bits per heavy atom. The molecule has 0 heterocycles. The van der Waals surface area contributed by atoms with Gasteiger partial charge in [-0.25, -0.2) is 0 Å². The van der Waals surface area contributed by atoms with Crippen LogP contribution in [0.15, 0.2) is 118 Å². The van der Waals surface area contributed by atoms with Crippen LogP contribution in [0.4, 0.5) is 11.4 Å². The Balaban J connectivity index is 1.51. The number of hydrogen-bond donors (Lipinski definition) is 2. The van der Waals surface area contributed by atoms with E-state index >= 15 is 0 Å². The lowest BCUT2D eigenvalue weighted by Crippen LogP contribution is -2.16. The van der Waals surface area contributed by atoms with Crippen molar-refractivity contribution in [2.24, 2.45) is 0 Å². The Kier molecular flexibility index (Phi) is 16.2.